The minimum Gasteiger partial charge on any atom is -0.481 e. The molecule has 0 bridgehead atoms. The number of amides is 3. The second-order valence-electron chi connectivity index (χ2n) is 6.62. The van der Waals surface area contributed by atoms with Gasteiger partial charge in [-0.15, -0.1) is 0 Å². The topological polar surface area (TPSA) is 98.7 Å². The molecule has 2 aromatic rings. The third kappa shape index (κ3) is 3.76. The van der Waals surface area contributed by atoms with Gasteiger partial charge in [-0.1, -0.05) is 30.3 Å². The van der Waals surface area contributed by atoms with Gasteiger partial charge in [-0.05, 0) is 36.8 Å². The van der Waals surface area contributed by atoms with E-state index in [4.69, 9.17) is 0 Å². The third-order valence-corrected chi connectivity index (χ3v) is 4.78. The molecule has 3 amide bonds. The molecule has 27 heavy (non-hydrogen) atoms. The SMILES string of the molecule is CC(CNC(=O)c1ccc(N2CCNC2=O)cc1)(C(=O)O)c1ccccc1. The molecule has 7 nitrogen and oxygen atoms in total. The van der Waals surface area contributed by atoms with E-state index >= 15 is 0 Å². The number of carboxylic acids is 1. The number of carbonyl (C=O) groups excluding carboxylic acids is 2. The van der Waals surface area contributed by atoms with Crippen LogP contribution in [-0.2, 0) is 10.2 Å². The molecule has 1 fully saturated rings. The van der Waals surface area contributed by atoms with Gasteiger partial charge in [0.15, 0.2) is 0 Å². The fraction of sp³-hybridized carbons (Fsp3) is 0.250. The number of anilines is 1. The van der Waals surface area contributed by atoms with Gasteiger partial charge in [-0.3, -0.25) is 14.5 Å². The summed E-state index contributed by atoms with van der Waals surface area (Å²) in [6.45, 7) is 2.72. The minimum atomic E-state index is -1.23. The predicted molar refractivity (Wildman–Crippen MR) is 101 cm³/mol. The molecule has 0 aromatic heterocycles. The van der Waals surface area contributed by atoms with Crippen LogP contribution in [0.5, 0.6) is 0 Å². The quantitative estimate of drug-likeness (QED) is 0.727. The minimum absolute atomic E-state index is 0.0402. The van der Waals surface area contributed by atoms with Crippen molar-refractivity contribution >= 4 is 23.6 Å². The van der Waals surface area contributed by atoms with Crippen molar-refractivity contribution < 1.29 is 19.5 Å². The summed E-state index contributed by atoms with van der Waals surface area (Å²) in [5.74, 6) is -1.37. The molecule has 0 spiro atoms. The van der Waals surface area contributed by atoms with Crippen LogP contribution in [-0.4, -0.2) is 42.6 Å². The van der Waals surface area contributed by atoms with E-state index in [0.29, 0.717) is 29.9 Å². The van der Waals surface area contributed by atoms with Crippen LogP contribution < -0.4 is 15.5 Å². The Morgan fingerprint density at radius 3 is 2.37 bits per heavy atom. The zero-order chi connectivity index (χ0) is 19.4. The van der Waals surface area contributed by atoms with Gasteiger partial charge < -0.3 is 15.7 Å². The number of aliphatic carboxylic acids is 1. The first-order chi connectivity index (χ1) is 12.9. The fourth-order valence-corrected chi connectivity index (χ4v) is 2.98. The maximum Gasteiger partial charge on any atom is 0.321 e. The largest absolute Gasteiger partial charge is 0.481 e. The standard InChI is InChI=1S/C20H21N3O4/c1-20(18(25)26,15-5-3-2-4-6-15)13-22-17(24)14-7-9-16(10-8-14)23-12-11-21-19(23)27/h2-10H,11-13H2,1H3,(H,21,27)(H,22,24)(H,25,26). The zero-order valence-electron chi connectivity index (χ0n) is 14.9. The Morgan fingerprint density at radius 1 is 1.15 bits per heavy atom. The smallest absolute Gasteiger partial charge is 0.321 e. The molecule has 1 aliphatic heterocycles. The predicted octanol–water partition coefficient (Wildman–Crippen LogP) is 1.99. The van der Waals surface area contributed by atoms with Crippen LogP contribution in [0.1, 0.15) is 22.8 Å². The molecule has 0 radical (unpaired) electrons. The van der Waals surface area contributed by atoms with Crippen LogP contribution in [0, 0.1) is 0 Å². The van der Waals surface area contributed by atoms with Crippen molar-refractivity contribution in [3.8, 4) is 0 Å². The first-order valence-corrected chi connectivity index (χ1v) is 8.64. The van der Waals surface area contributed by atoms with Crippen molar-refractivity contribution in [3.05, 3.63) is 65.7 Å². The first kappa shape index (κ1) is 18.4. The van der Waals surface area contributed by atoms with Crippen LogP contribution >= 0.6 is 0 Å². The highest BCUT2D eigenvalue weighted by Gasteiger charge is 2.35. The van der Waals surface area contributed by atoms with Gasteiger partial charge in [0.25, 0.3) is 5.91 Å². The van der Waals surface area contributed by atoms with Gasteiger partial charge in [0.1, 0.15) is 5.41 Å². The number of nitrogens with zero attached hydrogens (tertiary/aromatic N) is 1. The van der Waals surface area contributed by atoms with Crippen LogP contribution in [0.25, 0.3) is 0 Å². The van der Waals surface area contributed by atoms with E-state index in [9.17, 15) is 19.5 Å². The molecular formula is C20H21N3O4. The molecule has 1 aliphatic rings. The number of rotatable bonds is 6. The second kappa shape index (κ2) is 7.49. The van der Waals surface area contributed by atoms with Gasteiger partial charge in [-0.25, -0.2) is 4.79 Å². The van der Waals surface area contributed by atoms with Crippen LogP contribution in [0.4, 0.5) is 10.5 Å². The Morgan fingerprint density at radius 2 is 1.81 bits per heavy atom. The summed E-state index contributed by atoms with van der Waals surface area (Å²) >= 11 is 0. The van der Waals surface area contributed by atoms with E-state index < -0.39 is 11.4 Å². The van der Waals surface area contributed by atoms with Gasteiger partial charge in [-0.2, -0.15) is 0 Å². The molecule has 1 heterocycles. The number of carboxylic acid groups (broad SMARTS) is 1. The molecule has 140 valence electrons. The van der Waals surface area contributed by atoms with E-state index in [0.717, 1.165) is 0 Å². The highest BCUT2D eigenvalue weighted by atomic mass is 16.4. The number of hydrogen-bond acceptors (Lipinski definition) is 3. The fourth-order valence-electron chi connectivity index (χ4n) is 2.98. The summed E-state index contributed by atoms with van der Waals surface area (Å²) in [5, 5.41) is 15.1. The summed E-state index contributed by atoms with van der Waals surface area (Å²) < 4.78 is 0. The van der Waals surface area contributed by atoms with Gasteiger partial charge >= 0.3 is 12.0 Å². The molecule has 0 saturated carbocycles. The lowest BCUT2D eigenvalue weighted by molar-refractivity contribution is -0.142. The molecule has 1 unspecified atom stereocenters. The lowest BCUT2D eigenvalue weighted by atomic mass is 9.82. The molecular weight excluding hydrogens is 346 g/mol. The maximum atomic E-state index is 12.4. The Balaban J connectivity index is 1.69. The Bertz CT molecular complexity index is 851. The highest BCUT2D eigenvalue weighted by Crippen LogP contribution is 2.23. The van der Waals surface area contributed by atoms with Crippen molar-refractivity contribution in [3.63, 3.8) is 0 Å². The monoisotopic (exact) mass is 367 g/mol. The number of urea groups is 1. The molecule has 3 rings (SSSR count). The Labute approximate surface area is 157 Å². The normalized spacial score (nSPS) is 15.7. The van der Waals surface area contributed by atoms with Gasteiger partial charge in [0.05, 0.1) is 0 Å². The molecule has 1 atom stereocenters. The lowest BCUT2D eigenvalue weighted by Crippen LogP contribution is -2.44. The van der Waals surface area contributed by atoms with E-state index in [1.807, 2.05) is 6.07 Å². The summed E-state index contributed by atoms with van der Waals surface area (Å²) in [4.78, 5) is 37.5. The molecule has 2 aromatic carbocycles. The Kier molecular flexibility index (Phi) is 5.12. The van der Waals surface area contributed by atoms with Crippen molar-refractivity contribution in [1.82, 2.24) is 10.6 Å². The van der Waals surface area contributed by atoms with Gasteiger partial charge in [0.2, 0.25) is 0 Å². The zero-order valence-corrected chi connectivity index (χ0v) is 14.9. The molecule has 1 saturated heterocycles. The van der Waals surface area contributed by atoms with Gasteiger partial charge in [0, 0.05) is 30.9 Å². The van der Waals surface area contributed by atoms with E-state index in [2.05, 4.69) is 10.6 Å². The van der Waals surface area contributed by atoms with E-state index in [1.165, 1.54) is 0 Å². The number of hydrogen-bond donors (Lipinski definition) is 3. The average Bonchev–Trinajstić information content (AvgIpc) is 3.12. The summed E-state index contributed by atoms with van der Waals surface area (Å²) in [6.07, 6.45) is 0. The summed E-state index contributed by atoms with van der Waals surface area (Å²) in [7, 11) is 0. The van der Waals surface area contributed by atoms with Crippen molar-refractivity contribution in [2.75, 3.05) is 24.5 Å². The number of benzene rings is 2. The third-order valence-electron chi connectivity index (χ3n) is 4.78. The summed E-state index contributed by atoms with van der Waals surface area (Å²) in [5.41, 5.74) is 0.499. The average molecular weight is 367 g/mol. The van der Waals surface area contributed by atoms with E-state index in [1.54, 1.807) is 60.4 Å². The maximum absolute atomic E-state index is 12.4. The Hall–Kier alpha value is -3.35. The number of carbonyl (C=O) groups is 3. The molecule has 0 aliphatic carbocycles. The first-order valence-electron chi connectivity index (χ1n) is 8.64. The van der Waals surface area contributed by atoms with Crippen molar-refractivity contribution in [2.24, 2.45) is 0 Å². The lowest BCUT2D eigenvalue weighted by Gasteiger charge is -2.25. The highest BCUT2D eigenvalue weighted by molar-refractivity contribution is 5.97. The molecule has 3 N–H and O–H groups in total. The van der Waals surface area contributed by atoms with Crippen LogP contribution in [0.3, 0.4) is 0 Å². The second-order valence-corrected chi connectivity index (χ2v) is 6.62. The van der Waals surface area contributed by atoms with Crippen molar-refractivity contribution in [2.45, 2.75) is 12.3 Å². The van der Waals surface area contributed by atoms with Crippen LogP contribution in [0.15, 0.2) is 54.6 Å². The van der Waals surface area contributed by atoms with Crippen LogP contribution in [0.2, 0.25) is 0 Å². The number of nitrogens with one attached hydrogen (secondary N) is 2. The van der Waals surface area contributed by atoms with E-state index in [-0.39, 0.29) is 18.5 Å². The summed E-state index contributed by atoms with van der Waals surface area (Å²) in [6, 6.07) is 15.3. The molecule has 7 heteroatoms. The van der Waals surface area contributed by atoms with Crippen molar-refractivity contribution in [1.29, 1.82) is 0 Å².